The smallest absolute Gasteiger partial charge is 0.318 e. The van der Waals surface area contributed by atoms with Crippen LogP contribution in [0.2, 0.25) is 5.02 Å². The summed E-state index contributed by atoms with van der Waals surface area (Å²) < 4.78 is 33.8. The van der Waals surface area contributed by atoms with Crippen LogP contribution in [-0.4, -0.2) is 284 Å². The van der Waals surface area contributed by atoms with Crippen LogP contribution < -0.4 is 43.6 Å². The lowest BCUT2D eigenvalue weighted by Gasteiger charge is -2.42. The quantitative estimate of drug-likeness (QED) is 0.0326. The molecule has 18 rings (SSSR count). The van der Waals surface area contributed by atoms with Crippen LogP contribution in [0.4, 0.5) is 38.9 Å². The fourth-order valence-corrected chi connectivity index (χ4v) is 20.9. The molecule has 6 aromatic carbocycles. The standard InChI is InChI=1S/C35H42ClFN8O2.2C34H38N8O2.2H2S/c1-38-20-26-21-44(18-19-45(26)34(46)29(37)14-16-41(2)3)33-27-13-17-43(31-12-6-9-24-8-5-11-28(36)32(24)31)22-30(27)39-35(40-33)47-23-25-10-7-15-42(25)4;2*1-24-7-3-8-25-9-4-11-30(32(24)25)40-18-14-28-29(22-40)37-34(44-23-27-10-6-17-39(27)2)38-33(28)41-19-20-42(26(21-41)13-16-36)31(43)12-5-15-35;;/h5-6,8-9,11-12,14,25-26H,7,10,13,15-23H2,2-4H3;2*3-5,7-9,11-12,26-27H,6,10,13-14,17-23H2,1-2H3;2*1H2/b29-14+;12-5+;12-5-;;/t25-,26-;2*26-,27-;;/m000../s1. The molecule has 12 heterocycles. The molecule has 9 aliphatic heterocycles. The minimum absolute atomic E-state index is 0. The summed E-state index contributed by atoms with van der Waals surface area (Å²) in [5.74, 6) is 0.485. The topological polar surface area (TPSA) is 298 Å². The maximum absolute atomic E-state index is 14.9. The van der Waals surface area contributed by atoms with Crippen molar-refractivity contribution >= 4 is 123 Å². The summed E-state index contributed by atoms with van der Waals surface area (Å²) in [5, 5.41) is 44.7. The molecular formula is C103H122ClFN24O6S2. The van der Waals surface area contributed by atoms with E-state index in [4.69, 9.17) is 72.8 Å². The van der Waals surface area contributed by atoms with Gasteiger partial charge in [0.05, 0.1) is 90.9 Å². The van der Waals surface area contributed by atoms with Crippen LogP contribution in [0.15, 0.2) is 145 Å². The molecule has 0 unspecified atom stereocenters. The fraction of sp³-hybridized carbons (Fsp3) is 0.456. The summed E-state index contributed by atoms with van der Waals surface area (Å²) in [4.78, 5) is 99.5. The number of nitriles is 4. The Morgan fingerprint density at radius 3 is 1.19 bits per heavy atom. The van der Waals surface area contributed by atoms with Gasteiger partial charge in [-0.1, -0.05) is 96.5 Å². The Hall–Kier alpha value is -12.6. The fourth-order valence-electron chi connectivity index (χ4n) is 20.6. The second-order valence-electron chi connectivity index (χ2n) is 36.7. The number of amides is 3. The highest BCUT2D eigenvalue weighted by atomic mass is 35.5. The van der Waals surface area contributed by atoms with E-state index in [1.165, 1.54) is 79.3 Å². The zero-order valence-corrected chi connectivity index (χ0v) is 82.0. The van der Waals surface area contributed by atoms with Gasteiger partial charge in [-0.05, 0) is 184 Å². The molecule has 716 valence electrons. The summed E-state index contributed by atoms with van der Waals surface area (Å²) in [6, 6.07) is 47.2. The van der Waals surface area contributed by atoms with Gasteiger partial charge in [0, 0.05) is 177 Å². The molecule has 0 radical (unpaired) electrons. The van der Waals surface area contributed by atoms with E-state index in [1.807, 2.05) is 38.4 Å². The average Bonchev–Trinajstić information content (AvgIpc) is 1.05. The number of likely N-dealkylation sites (N-methyl/N-ethyl adjacent to an activating group) is 4. The number of likely N-dealkylation sites (tertiary alicyclic amines) is 3. The largest absolute Gasteiger partial charge is 0.462 e. The van der Waals surface area contributed by atoms with E-state index in [1.54, 1.807) is 14.7 Å². The number of hydrogen-bond donors (Lipinski definition) is 0. The van der Waals surface area contributed by atoms with Gasteiger partial charge >= 0.3 is 18.0 Å². The highest BCUT2D eigenvalue weighted by molar-refractivity contribution is 7.59. The molecule has 0 spiro atoms. The molecule has 30 nitrogen and oxygen atoms in total. The molecule has 0 N–H and O–H groups in total. The second-order valence-corrected chi connectivity index (χ2v) is 37.1. The van der Waals surface area contributed by atoms with Gasteiger partial charge in [0.1, 0.15) is 43.3 Å². The van der Waals surface area contributed by atoms with Crippen LogP contribution in [-0.2, 0) is 53.3 Å². The molecule has 9 aromatic rings. The highest BCUT2D eigenvalue weighted by Gasteiger charge is 2.41. The van der Waals surface area contributed by atoms with Crippen LogP contribution in [0.5, 0.6) is 18.0 Å². The first-order valence-electron chi connectivity index (χ1n) is 47.1. The van der Waals surface area contributed by atoms with Crippen molar-refractivity contribution in [1.29, 1.82) is 21.0 Å². The number of carbonyl (C=O) groups excluding carboxylic acids is 3. The molecule has 6 atom stereocenters. The lowest BCUT2D eigenvalue weighted by atomic mass is 9.99. The van der Waals surface area contributed by atoms with Crippen molar-refractivity contribution in [3.63, 3.8) is 0 Å². The first kappa shape index (κ1) is 100. The summed E-state index contributed by atoms with van der Waals surface area (Å²) in [6.45, 7) is 25.3. The van der Waals surface area contributed by atoms with Crippen LogP contribution >= 0.6 is 38.6 Å². The van der Waals surface area contributed by atoms with Gasteiger partial charge < -0.3 is 82.8 Å². The number of halogens is 2. The Bertz CT molecular complexity index is 5930. The molecule has 0 saturated carbocycles. The van der Waals surface area contributed by atoms with Crippen molar-refractivity contribution in [2.45, 2.75) is 140 Å². The summed E-state index contributed by atoms with van der Waals surface area (Å²) in [5.41, 5.74) is 12.0. The zero-order valence-electron chi connectivity index (χ0n) is 79.2. The molecule has 6 saturated heterocycles. The highest BCUT2D eigenvalue weighted by Crippen LogP contribution is 2.42. The number of hydrogen-bond acceptors (Lipinski definition) is 26. The first-order chi connectivity index (χ1) is 65.6. The van der Waals surface area contributed by atoms with Crippen molar-refractivity contribution < 1.29 is 33.0 Å². The summed E-state index contributed by atoms with van der Waals surface area (Å²) in [7, 11) is 10.0. The second kappa shape index (κ2) is 46.5. The maximum atomic E-state index is 14.9. The summed E-state index contributed by atoms with van der Waals surface area (Å²) in [6.07, 6.45) is 15.6. The number of anilines is 6. The maximum Gasteiger partial charge on any atom is 0.318 e. The Labute approximate surface area is 821 Å². The number of fused-ring (bicyclic) bond motifs is 6. The third-order valence-electron chi connectivity index (χ3n) is 27.9. The number of aryl methyl sites for hydroxylation is 2. The predicted octanol–water partition coefficient (Wildman–Crippen LogP) is 12.9. The van der Waals surface area contributed by atoms with Crippen molar-refractivity contribution in [3.8, 4) is 42.3 Å². The molecule has 34 heteroatoms. The molecule has 9 aliphatic rings. The van der Waals surface area contributed by atoms with Crippen LogP contribution in [0.1, 0.15) is 96.3 Å². The van der Waals surface area contributed by atoms with E-state index in [9.17, 15) is 29.3 Å². The molecular weight excluding hydrogens is 1790 g/mol. The van der Waals surface area contributed by atoms with Gasteiger partial charge in [-0.25, -0.2) is 11.0 Å². The first-order valence-corrected chi connectivity index (χ1v) is 47.5. The Morgan fingerprint density at radius 2 is 0.832 bits per heavy atom. The Morgan fingerprint density at radius 1 is 0.474 bits per heavy atom. The molecule has 6 fully saturated rings. The Kier molecular flexibility index (Phi) is 34.0. The van der Waals surface area contributed by atoms with Gasteiger partial charge in [0.25, 0.3) is 5.91 Å². The Balaban J connectivity index is 0.000000163. The van der Waals surface area contributed by atoms with E-state index in [-0.39, 0.29) is 76.8 Å². The lowest BCUT2D eigenvalue weighted by molar-refractivity contribution is -0.131. The van der Waals surface area contributed by atoms with E-state index >= 15 is 0 Å². The van der Waals surface area contributed by atoms with Gasteiger partial charge in [0.2, 0.25) is 18.4 Å². The van der Waals surface area contributed by atoms with E-state index in [0.29, 0.717) is 146 Å². The number of carbonyl (C=O) groups is 3. The van der Waals surface area contributed by atoms with Crippen LogP contribution in [0.25, 0.3) is 37.2 Å². The lowest BCUT2D eigenvalue weighted by Crippen LogP contribution is -2.57. The zero-order chi connectivity index (χ0) is 94.3. The number of benzene rings is 6. The van der Waals surface area contributed by atoms with Crippen molar-refractivity contribution in [1.82, 2.24) is 64.2 Å². The molecule has 3 aromatic heterocycles. The molecule has 0 bridgehead atoms. The minimum Gasteiger partial charge on any atom is -0.462 e. The van der Waals surface area contributed by atoms with Gasteiger partial charge in [-0.2, -0.15) is 77.9 Å². The van der Waals surface area contributed by atoms with Crippen LogP contribution in [0.3, 0.4) is 0 Å². The minimum atomic E-state index is -0.789. The van der Waals surface area contributed by atoms with Crippen molar-refractivity contribution in [2.24, 2.45) is 0 Å². The SMILES string of the molecule is Cc1cccc2cccc(N3CCc4c(nc(OC[C@@H]5CCCN5C)nc4N4CCN(C(=O)/C=C/C#N)[C@@H](CC#N)C4)C3)c12.Cc1cccc2cccc(N3CCc4c(nc(OC[C@@H]5CCCN5C)nc4N4CCN(C(=O)/C=C\C#N)[C@@H](CC#N)C4)C3)c12.S.S.[C-]#[N+]C[C@H]1CN(c2nc(OC[C@@H]3CCCN3C)nc3c2CCN(c2cccc4cccc(Cl)c24)C3)CCN1C(=O)/C(F)=C\CN(C)C. The number of allylic oxidation sites excluding steroid dienone is 2. The predicted molar refractivity (Wildman–Crippen MR) is 543 cm³/mol. The number of ether oxygens (including phenoxy) is 3. The monoisotopic (exact) mass is 1910 g/mol. The van der Waals surface area contributed by atoms with Gasteiger partial charge in [-0.3, -0.25) is 14.4 Å². The van der Waals surface area contributed by atoms with Crippen molar-refractivity contribution in [3.05, 3.63) is 207 Å². The third kappa shape index (κ3) is 23.1. The van der Waals surface area contributed by atoms with Gasteiger partial charge in [0.15, 0.2) is 5.83 Å². The molecule has 137 heavy (non-hydrogen) atoms. The van der Waals surface area contributed by atoms with E-state index in [2.05, 4.69) is 193 Å². The number of piperazine rings is 3. The molecule has 0 aliphatic carbocycles. The van der Waals surface area contributed by atoms with Gasteiger partial charge in [-0.15, -0.1) is 0 Å². The third-order valence-corrected chi connectivity index (χ3v) is 28.2. The average molecular weight is 1910 g/mol. The summed E-state index contributed by atoms with van der Waals surface area (Å²) >= 11 is 6.71. The number of nitrogens with zero attached hydrogens (tertiary/aromatic N) is 24. The van der Waals surface area contributed by atoms with E-state index in [0.717, 1.165) is 158 Å². The van der Waals surface area contributed by atoms with Crippen molar-refractivity contribution in [2.75, 3.05) is 196 Å². The number of aromatic nitrogens is 6. The van der Waals surface area contributed by atoms with E-state index < -0.39 is 17.8 Å². The normalized spacial score (nSPS) is 20.2. The molecule has 3 amide bonds. The van der Waals surface area contributed by atoms with Crippen LogP contribution in [0, 0.1) is 65.7 Å². The number of rotatable bonds is 23.